The van der Waals surface area contributed by atoms with Gasteiger partial charge in [0, 0.05) is 24.2 Å². The van der Waals surface area contributed by atoms with Crippen LogP contribution in [-0.4, -0.2) is 37.3 Å². The van der Waals surface area contributed by atoms with Gasteiger partial charge in [-0.15, -0.1) is 0 Å². The van der Waals surface area contributed by atoms with Crippen LogP contribution in [0, 0.1) is 11.7 Å². The summed E-state index contributed by atoms with van der Waals surface area (Å²) in [5.74, 6) is 0.118. The third kappa shape index (κ3) is 2.28. The second-order valence-electron chi connectivity index (χ2n) is 4.84. The topological polar surface area (TPSA) is 58.7 Å². The number of hydrogen-bond donors (Lipinski definition) is 2. The molecular weight excluding hydrogens is 235 g/mol. The van der Waals surface area contributed by atoms with Gasteiger partial charge in [0.15, 0.2) is 11.5 Å². The molecule has 0 aromatic heterocycles. The smallest absolute Gasteiger partial charge is 0.161 e. The Morgan fingerprint density at radius 1 is 1.56 bits per heavy atom. The highest BCUT2D eigenvalue weighted by Crippen LogP contribution is 2.39. The maximum absolute atomic E-state index is 13.9. The van der Waals surface area contributed by atoms with E-state index >= 15 is 0 Å². The molecular formula is C13H19FN2O2. The minimum Gasteiger partial charge on any atom is -0.504 e. The highest BCUT2D eigenvalue weighted by Gasteiger charge is 2.32. The van der Waals surface area contributed by atoms with Gasteiger partial charge in [-0.3, -0.25) is 4.90 Å². The molecule has 1 aliphatic rings. The van der Waals surface area contributed by atoms with E-state index in [0.717, 1.165) is 19.0 Å². The fourth-order valence-corrected chi connectivity index (χ4v) is 2.62. The van der Waals surface area contributed by atoms with E-state index in [2.05, 4.69) is 4.90 Å². The van der Waals surface area contributed by atoms with Crippen molar-refractivity contribution in [1.29, 1.82) is 0 Å². The summed E-state index contributed by atoms with van der Waals surface area (Å²) < 4.78 is 19.0. The third-order valence-electron chi connectivity index (χ3n) is 3.63. The SMILES string of the molecule is COc1cc(C2CC(CN)CN2C)c(F)cc1O. The first-order valence-electron chi connectivity index (χ1n) is 6.03. The van der Waals surface area contributed by atoms with Crippen LogP contribution in [0.25, 0.3) is 0 Å². The summed E-state index contributed by atoms with van der Waals surface area (Å²) in [6.07, 6.45) is 0.831. The largest absolute Gasteiger partial charge is 0.504 e. The maximum atomic E-state index is 13.9. The predicted octanol–water partition coefficient (Wildman–Crippen LogP) is 1.49. The van der Waals surface area contributed by atoms with Crippen LogP contribution in [0.4, 0.5) is 4.39 Å². The van der Waals surface area contributed by atoms with E-state index in [-0.39, 0.29) is 11.8 Å². The fraction of sp³-hybridized carbons (Fsp3) is 0.538. The molecule has 1 saturated heterocycles. The molecule has 1 aromatic rings. The second-order valence-corrected chi connectivity index (χ2v) is 4.84. The third-order valence-corrected chi connectivity index (χ3v) is 3.63. The van der Waals surface area contributed by atoms with Gasteiger partial charge in [-0.2, -0.15) is 0 Å². The van der Waals surface area contributed by atoms with Crippen LogP contribution in [0.15, 0.2) is 12.1 Å². The molecule has 1 aliphatic heterocycles. The van der Waals surface area contributed by atoms with Crippen molar-refractivity contribution in [3.63, 3.8) is 0 Å². The Hall–Kier alpha value is -1.33. The zero-order chi connectivity index (χ0) is 13.3. The molecule has 0 spiro atoms. The number of phenols is 1. The van der Waals surface area contributed by atoms with Gasteiger partial charge in [0.1, 0.15) is 5.82 Å². The zero-order valence-corrected chi connectivity index (χ0v) is 10.7. The summed E-state index contributed by atoms with van der Waals surface area (Å²) >= 11 is 0. The number of hydrogen-bond acceptors (Lipinski definition) is 4. The number of halogens is 1. The van der Waals surface area contributed by atoms with Gasteiger partial charge in [-0.05, 0) is 32.0 Å². The first-order chi connectivity index (χ1) is 8.56. The highest BCUT2D eigenvalue weighted by atomic mass is 19.1. The van der Waals surface area contributed by atoms with Gasteiger partial charge in [0.2, 0.25) is 0 Å². The molecule has 0 amide bonds. The summed E-state index contributed by atoms with van der Waals surface area (Å²) in [6.45, 7) is 1.47. The van der Waals surface area contributed by atoms with Crippen LogP contribution in [0.2, 0.25) is 0 Å². The molecule has 100 valence electrons. The molecule has 2 rings (SSSR count). The first kappa shape index (κ1) is 13.1. The fourth-order valence-electron chi connectivity index (χ4n) is 2.62. The van der Waals surface area contributed by atoms with Gasteiger partial charge in [0.25, 0.3) is 0 Å². The van der Waals surface area contributed by atoms with Gasteiger partial charge >= 0.3 is 0 Å². The van der Waals surface area contributed by atoms with Crippen molar-refractivity contribution in [3.05, 3.63) is 23.5 Å². The Morgan fingerprint density at radius 2 is 2.28 bits per heavy atom. The van der Waals surface area contributed by atoms with Crippen molar-refractivity contribution in [1.82, 2.24) is 4.90 Å². The number of phenolic OH excluding ortho intramolecular Hbond substituents is 1. The Labute approximate surface area is 106 Å². The van der Waals surface area contributed by atoms with Crippen molar-refractivity contribution in [2.45, 2.75) is 12.5 Å². The van der Waals surface area contributed by atoms with Crippen molar-refractivity contribution in [2.24, 2.45) is 11.7 Å². The molecule has 1 fully saturated rings. The zero-order valence-electron chi connectivity index (χ0n) is 10.7. The maximum Gasteiger partial charge on any atom is 0.161 e. The highest BCUT2D eigenvalue weighted by molar-refractivity contribution is 5.43. The summed E-state index contributed by atoms with van der Waals surface area (Å²) in [7, 11) is 3.41. The number of benzene rings is 1. The van der Waals surface area contributed by atoms with E-state index < -0.39 is 5.82 Å². The standard InChI is InChI=1S/C13H19FN2O2/c1-16-7-8(6-15)3-11(16)9-4-13(18-2)12(17)5-10(9)14/h4-5,8,11,17H,3,6-7,15H2,1-2H3. The molecule has 1 heterocycles. The van der Waals surface area contributed by atoms with Crippen molar-refractivity contribution in [2.75, 3.05) is 27.2 Å². The Bertz CT molecular complexity index is 439. The van der Waals surface area contributed by atoms with E-state index in [1.807, 2.05) is 7.05 Å². The van der Waals surface area contributed by atoms with Crippen molar-refractivity contribution in [3.8, 4) is 11.5 Å². The lowest BCUT2D eigenvalue weighted by atomic mass is 9.99. The van der Waals surface area contributed by atoms with Gasteiger partial charge in [0.05, 0.1) is 7.11 Å². The molecule has 4 nitrogen and oxygen atoms in total. The lowest BCUT2D eigenvalue weighted by Gasteiger charge is -2.21. The molecule has 18 heavy (non-hydrogen) atoms. The average molecular weight is 254 g/mol. The van der Waals surface area contributed by atoms with E-state index in [0.29, 0.717) is 23.8 Å². The minimum atomic E-state index is -0.400. The molecule has 0 radical (unpaired) electrons. The van der Waals surface area contributed by atoms with E-state index in [1.54, 1.807) is 6.07 Å². The van der Waals surface area contributed by atoms with Crippen molar-refractivity contribution >= 4 is 0 Å². The van der Waals surface area contributed by atoms with E-state index in [9.17, 15) is 9.50 Å². The van der Waals surface area contributed by atoms with Gasteiger partial charge in [-0.25, -0.2) is 4.39 Å². The molecule has 5 heteroatoms. The quantitative estimate of drug-likeness (QED) is 0.858. The van der Waals surface area contributed by atoms with Crippen LogP contribution in [-0.2, 0) is 0 Å². The van der Waals surface area contributed by atoms with E-state index in [4.69, 9.17) is 10.5 Å². The van der Waals surface area contributed by atoms with Crippen LogP contribution >= 0.6 is 0 Å². The van der Waals surface area contributed by atoms with Gasteiger partial charge < -0.3 is 15.6 Å². The number of aromatic hydroxyl groups is 1. The normalized spacial score (nSPS) is 24.4. The lowest BCUT2D eigenvalue weighted by molar-refractivity contribution is 0.303. The monoisotopic (exact) mass is 254 g/mol. The number of rotatable bonds is 3. The van der Waals surface area contributed by atoms with Crippen LogP contribution < -0.4 is 10.5 Å². The van der Waals surface area contributed by atoms with Crippen LogP contribution in [0.1, 0.15) is 18.0 Å². The molecule has 3 N–H and O–H groups in total. The van der Waals surface area contributed by atoms with Crippen LogP contribution in [0.5, 0.6) is 11.5 Å². The van der Waals surface area contributed by atoms with E-state index in [1.165, 1.54) is 7.11 Å². The number of ether oxygens (including phenoxy) is 1. The molecule has 2 unspecified atom stereocenters. The summed E-state index contributed by atoms with van der Waals surface area (Å²) in [5, 5.41) is 9.52. The van der Waals surface area contributed by atoms with Gasteiger partial charge in [-0.1, -0.05) is 0 Å². The van der Waals surface area contributed by atoms with Crippen molar-refractivity contribution < 1.29 is 14.2 Å². The molecule has 0 saturated carbocycles. The average Bonchev–Trinajstić information content (AvgIpc) is 2.71. The number of methoxy groups -OCH3 is 1. The minimum absolute atomic E-state index is 0.00644. The lowest BCUT2D eigenvalue weighted by Crippen LogP contribution is -2.21. The molecule has 0 bridgehead atoms. The predicted molar refractivity (Wildman–Crippen MR) is 67.1 cm³/mol. The Balaban J connectivity index is 2.33. The summed E-state index contributed by atoms with van der Waals surface area (Å²) in [4.78, 5) is 2.09. The number of likely N-dealkylation sites (tertiary alicyclic amines) is 1. The first-order valence-corrected chi connectivity index (χ1v) is 6.03. The second kappa shape index (κ2) is 5.12. The summed E-state index contributed by atoms with van der Waals surface area (Å²) in [5.41, 5.74) is 6.23. The van der Waals surface area contributed by atoms with Crippen LogP contribution in [0.3, 0.4) is 0 Å². The number of nitrogens with two attached hydrogens (primary N) is 1. The molecule has 1 aromatic carbocycles. The molecule has 2 atom stereocenters. The molecule has 0 aliphatic carbocycles. The Kier molecular flexibility index (Phi) is 3.73. The summed E-state index contributed by atoms with van der Waals surface area (Å²) in [6, 6.07) is 2.68. The number of nitrogens with zero attached hydrogens (tertiary/aromatic N) is 1. The Morgan fingerprint density at radius 3 is 2.83 bits per heavy atom.